The van der Waals surface area contributed by atoms with Crippen LogP contribution < -0.4 is 0 Å². The lowest BCUT2D eigenvalue weighted by Crippen LogP contribution is -2.40. The van der Waals surface area contributed by atoms with Crippen molar-refractivity contribution in [2.75, 3.05) is 7.05 Å². The van der Waals surface area contributed by atoms with Crippen LogP contribution in [-0.4, -0.2) is 17.9 Å². The third kappa shape index (κ3) is 3.16. The molecule has 1 aliphatic rings. The van der Waals surface area contributed by atoms with E-state index >= 15 is 0 Å². The highest BCUT2D eigenvalue weighted by Gasteiger charge is 2.40. The maximum atomic E-state index is 12.6. The van der Waals surface area contributed by atoms with Gasteiger partial charge in [0.2, 0.25) is 5.91 Å². The fourth-order valence-electron chi connectivity index (χ4n) is 2.80. The van der Waals surface area contributed by atoms with E-state index in [0.717, 1.165) is 44.1 Å². The van der Waals surface area contributed by atoms with E-state index in [0.29, 0.717) is 6.54 Å². The van der Waals surface area contributed by atoms with Crippen LogP contribution in [0.1, 0.15) is 44.1 Å². The standard InChI is InChI=1S/C15H20N2OS/c1-17(10-13-6-9-19-11-13)14(18)15(12-16)7-4-2-3-5-8-15/h6,9,11H,2-5,7-8,10H2,1H3. The van der Waals surface area contributed by atoms with Crippen molar-refractivity contribution in [3.8, 4) is 6.07 Å². The molecule has 0 atom stereocenters. The van der Waals surface area contributed by atoms with Crippen molar-refractivity contribution in [3.63, 3.8) is 0 Å². The summed E-state index contributed by atoms with van der Waals surface area (Å²) in [7, 11) is 1.81. The summed E-state index contributed by atoms with van der Waals surface area (Å²) in [6.07, 6.45) is 5.71. The lowest BCUT2D eigenvalue weighted by atomic mass is 9.80. The number of hydrogen-bond donors (Lipinski definition) is 0. The molecular weight excluding hydrogens is 256 g/mol. The van der Waals surface area contributed by atoms with E-state index in [1.807, 2.05) is 18.5 Å². The first-order chi connectivity index (χ1) is 9.18. The van der Waals surface area contributed by atoms with E-state index < -0.39 is 5.41 Å². The number of carbonyl (C=O) groups excluding carboxylic acids is 1. The molecule has 0 saturated heterocycles. The van der Waals surface area contributed by atoms with E-state index in [2.05, 4.69) is 11.4 Å². The molecule has 1 aromatic rings. The Balaban J connectivity index is 2.09. The van der Waals surface area contributed by atoms with Crippen molar-refractivity contribution in [3.05, 3.63) is 22.4 Å². The monoisotopic (exact) mass is 276 g/mol. The maximum Gasteiger partial charge on any atom is 0.243 e. The summed E-state index contributed by atoms with van der Waals surface area (Å²) in [6, 6.07) is 4.36. The molecule has 1 heterocycles. The highest BCUT2D eigenvalue weighted by atomic mass is 32.1. The van der Waals surface area contributed by atoms with Gasteiger partial charge in [0.05, 0.1) is 6.07 Å². The van der Waals surface area contributed by atoms with Crippen molar-refractivity contribution in [2.45, 2.75) is 45.1 Å². The number of carbonyl (C=O) groups is 1. The third-order valence-electron chi connectivity index (χ3n) is 3.93. The molecule has 1 saturated carbocycles. The zero-order valence-corrected chi connectivity index (χ0v) is 12.2. The van der Waals surface area contributed by atoms with E-state index in [1.54, 1.807) is 16.2 Å². The second-order valence-electron chi connectivity index (χ2n) is 5.40. The molecule has 0 bridgehead atoms. The molecule has 0 spiro atoms. The van der Waals surface area contributed by atoms with Crippen LogP contribution in [0.2, 0.25) is 0 Å². The Bertz CT molecular complexity index is 453. The normalized spacial score (nSPS) is 18.3. The summed E-state index contributed by atoms with van der Waals surface area (Å²) in [5, 5.41) is 13.6. The minimum absolute atomic E-state index is 0.00287. The first-order valence-corrected chi connectivity index (χ1v) is 7.80. The van der Waals surface area contributed by atoms with Crippen LogP contribution in [-0.2, 0) is 11.3 Å². The summed E-state index contributed by atoms with van der Waals surface area (Å²) in [5.41, 5.74) is 0.365. The number of amides is 1. The smallest absolute Gasteiger partial charge is 0.243 e. The summed E-state index contributed by atoms with van der Waals surface area (Å²) >= 11 is 1.63. The maximum absolute atomic E-state index is 12.6. The highest BCUT2D eigenvalue weighted by Crippen LogP contribution is 2.36. The Morgan fingerprint density at radius 2 is 2.11 bits per heavy atom. The largest absolute Gasteiger partial charge is 0.340 e. The van der Waals surface area contributed by atoms with Gasteiger partial charge in [-0.15, -0.1) is 0 Å². The van der Waals surface area contributed by atoms with Crippen LogP contribution >= 0.6 is 11.3 Å². The molecule has 4 heteroatoms. The van der Waals surface area contributed by atoms with E-state index in [-0.39, 0.29) is 5.91 Å². The molecule has 102 valence electrons. The van der Waals surface area contributed by atoms with Gasteiger partial charge < -0.3 is 4.90 Å². The van der Waals surface area contributed by atoms with Gasteiger partial charge in [-0.05, 0) is 35.2 Å². The second-order valence-corrected chi connectivity index (χ2v) is 6.18. The summed E-state index contributed by atoms with van der Waals surface area (Å²) < 4.78 is 0. The van der Waals surface area contributed by atoms with Gasteiger partial charge in [-0.2, -0.15) is 16.6 Å². The topological polar surface area (TPSA) is 44.1 Å². The van der Waals surface area contributed by atoms with Gasteiger partial charge in [-0.1, -0.05) is 25.7 Å². The van der Waals surface area contributed by atoms with Crippen molar-refractivity contribution in [1.29, 1.82) is 5.26 Å². The third-order valence-corrected chi connectivity index (χ3v) is 4.66. The Morgan fingerprint density at radius 3 is 2.63 bits per heavy atom. The minimum Gasteiger partial charge on any atom is -0.340 e. The molecule has 1 aromatic heterocycles. The highest BCUT2D eigenvalue weighted by molar-refractivity contribution is 7.07. The first-order valence-electron chi connectivity index (χ1n) is 6.86. The fraction of sp³-hybridized carbons (Fsp3) is 0.600. The second kappa shape index (κ2) is 6.21. The molecule has 1 aliphatic carbocycles. The molecule has 2 rings (SSSR count). The molecule has 19 heavy (non-hydrogen) atoms. The van der Waals surface area contributed by atoms with Crippen LogP contribution in [0.25, 0.3) is 0 Å². The molecule has 0 aliphatic heterocycles. The van der Waals surface area contributed by atoms with Crippen LogP contribution in [0, 0.1) is 16.7 Å². The Hall–Kier alpha value is -1.34. The zero-order valence-electron chi connectivity index (χ0n) is 11.4. The summed E-state index contributed by atoms with van der Waals surface area (Å²) in [4.78, 5) is 14.4. The van der Waals surface area contributed by atoms with E-state index in [1.165, 1.54) is 0 Å². The quantitative estimate of drug-likeness (QED) is 0.792. The molecule has 0 N–H and O–H groups in total. The fourth-order valence-corrected chi connectivity index (χ4v) is 3.46. The molecule has 1 amide bonds. The SMILES string of the molecule is CN(Cc1ccsc1)C(=O)C1(C#N)CCCCCC1. The molecule has 0 unspecified atom stereocenters. The lowest BCUT2D eigenvalue weighted by Gasteiger charge is -2.29. The molecule has 0 radical (unpaired) electrons. The Labute approximate surface area is 118 Å². The molecule has 1 fully saturated rings. The zero-order chi connectivity index (χ0) is 13.7. The Kier molecular flexibility index (Phi) is 4.60. The van der Waals surface area contributed by atoms with Crippen LogP contribution in [0.5, 0.6) is 0 Å². The number of hydrogen-bond acceptors (Lipinski definition) is 3. The number of thiophene rings is 1. The molecular formula is C15H20N2OS. The Morgan fingerprint density at radius 1 is 1.42 bits per heavy atom. The molecule has 0 aromatic carbocycles. The van der Waals surface area contributed by atoms with E-state index in [9.17, 15) is 10.1 Å². The van der Waals surface area contributed by atoms with Gasteiger partial charge in [-0.3, -0.25) is 4.79 Å². The number of nitrogens with zero attached hydrogens (tertiary/aromatic N) is 2. The van der Waals surface area contributed by atoms with Crippen LogP contribution in [0.4, 0.5) is 0 Å². The predicted octanol–water partition coefficient (Wildman–Crippen LogP) is 3.57. The van der Waals surface area contributed by atoms with Gasteiger partial charge in [0.25, 0.3) is 0 Å². The van der Waals surface area contributed by atoms with E-state index in [4.69, 9.17) is 0 Å². The average molecular weight is 276 g/mol. The van der Waals surface area contributed by atoms with Gasteiger partial charge in [0, 0.05) is 13.6 Å². The van der Waals surface area contributed by atoms with Gasteiger partial charge in [0.1, 0.15) is 5.41 Å². The lowest BCUT2D eigenvalue weighted by molar-refractivity contribution is -0.138. The first kappa shape index (κ1) is 14.1. The predicted molar refractivity (Wildman–Crippen MR) is 76.5 cm³/mol. The van der Waals surface area contributed by atoms with Gasteiger partial charge in [-0.25, -0.2) is 0 Å². The van der Waals surface area contributed by atoms with Crippen molar-refractivity contribution < 1.29 is 4.79 Å². The number of rotatable bonds is 3. The molecule has 3 nitrogen and oxygen atoms in total. The van der Waals surface area contributed by atoms with Crippen LogP contribution in [0.3, 0.4) is 0 Å². The van der Waals surface area contributed by atoms with Crippen molar-refractivity contribution in [2.24, 2.45) is 5.41 Å². The number of nitriles is 1. The van der Waals surface area contributed by atoms with Crippen molar-refractivity contribution in [1.82, 2.24) is 4.90 Å². The summed E-state index contributed by atoms with van der Waals surface area (Å²) in [6.45, 7) is 0.603. The van der Waals surface area contributed by atoms with Crippen LogP contribution in [0.15, 0.2) is 16.8 Å². The summed E-state index contributed by atoms with van der Waals surface area (Å²) in [5.74, 6) is 0.00287. The average Bonchev–Trinajstić information content (AvgIpc) is 2.80. The van der Waals surface area contributed by atoms with Gasteiger partial charge >= 0.3 is 0 Å². The van der Waals surface area contributed by atoms with Gasteiger partial charge in [0.15, 0.2) is 0 Å². The van der Waals surface area contributed by atoms with Crippen molar-refractivity contribution >= 4 is 17.2 Å². The minimum atomic E-state index is -0.777.